The highest BCUT2D eigenvalue weighted by atomic mass is 32.1. The minimum atomic E-state index is -0.199. The van der Waals surface area contributed by atoms with Crippen LogP contribution in [0.5, 0.6) is 0 Å². The van der Waals surface area contributed by atoms with E-state index < -0.39 is 0 Å². The normalized spacial score (nSPS) is 33.4. The van der Waals surface area contributed by atoms with Crippen LogP contribution in [-0.4, -0.2) is 5.11 Å². The fraction of sp³-hybridized carbons (Fsp3) is 0.750. The van der Waals surface area contributed by atoms with Crippen LogP contribution in [0.2, 0.25) is 0 Å². The maximum atomic E-state index is 10.6. The first kappa shape index (κ1) is 12.7. The molecule has 18 heavy (non-hydrogen) atoms. The van der Waals surface area contributed by atoms with Crippen molar-refractivity contribution in [1.82, 2.24) is 0 Å². The second kappa shape index (κ2) is 4.97. The van der Waals surface area contributed by atoms with Crippen LogP contribution >= 0.6 is 11.3 Å². The molecule has 100 valence electrons. The first-order valence-corrected chi connectivity index (χ1v) is 8.26. The highest BCUT2D eigenvalue weighted by Gasteiger charge is 2.31. The Morgan fingerprint density at radius 1 is 1.22 bits per heavy atom. The second-order valence-corrected chi connectivity index (χ2v) is 7.59. The van der Waals surface area contributed by atoms with E-state index >= 15 is 0 Å². The first-order valence-electron chi connectivity index (χ1n) is 7.44. The molecule has 1 aromatic rings. The van der Waals surface area contributed by atoms with E-state index in [1.807, 2.05) is 11.3 Å². The topological polar surface area (TPSA) is 20.2 Å². The van der Waals surface area contributed by atoms with Crippen molar-refractivity contribution >= 4 is 11.3 Å². The smallest absolute Gasteiger partial charge is 0.0910 e. The SMILES string of the molecule is CC1CCC(C(O)c2cc3c(s2)CCC3)CC1C. The molecule has 2 aliphatic rings. The number of thiophene rings is 1. The minimum absolute atomic E-state index is 0.199. The third-order valence-corrected chi connectivity index (χ3v) is 6.45. The van der Waals surface area contributed by atoms with Gasteiger partial charge < -0.3 is 5.11 Å². The summed E-state index contributed by atoms with van der Waals surface area (Å²) in [6, 6.07) is 2.29. The summed E-state index contributed by atoms with van der Waals surface area (Å²) in [5.41, 5.74) is 1.52. The molecule has 2 heteroatoms. The fourth-order valence-corrected chi connectivity index (χ4v) is 4.94. The Balaban J connectivity index is 1.72. The van der Waals surface area contributed by atoms with E-state index in [-0.39, 0.29) is 6.10 Å². The van der Waals surface area contributed by atoms with Crippen molar-refractivity contribution in [2.45, 2.75) is 58.5 Å². The van der Waals surface area contributed by atoms with Gasteiger partial charge in [0.05, 0.1) is 6.10 Å². The highest BCUT2D eigenvalue weighted by molar-refractivity contribution is 7.12. The summed E-state index contributed by atoms with van der Waals surface area (Å²) < 4.78 is 0. The average molecular weight is 264 g/mol. The summed E-state index contributed by atoms with van der Waals surface area (Å²) in [6.45, 7) is 4.70. The van der Waals surface area contributed by atoms with Gasteiger partial charge >= 0.3 is 0 Å². The van der Waals surface area contributed by atoms with Crippen molar-refractivity contribution in [2.24, 2.45) is 17.8 Å². The molecule has 0 aliphatic heterocycles. The van der Waals surface area contributed by atoms with Crippen LogP contribution in [0.4, 0.5) is 0 Å². The lowest BCUT2D eigenvalue weighted by Crippen LogP contribution is -2.24. The van der Waals surface area contributed by atoms with E-state index in [1.54, 1.807) is 4.88 Å². The lowest BCUT2D eigenvalue weighted by atomic mass is 9.73. The largest absolute Gasteiger partial charge is 0.387 e. The molecule has 1 aromatic heterocycles. The summed E-state index contributed by atoms with van der Waals surface area (Å²) in [6.07, 6.45) is 7.28. The van der Waals surface area contributed by atoms with Crippen molar-refractivity contribution in [1.29, 1.82) is 0 Å². The van der Waals surface area contributed by atoms with Gasteiger partial charge in [-0.15, -0.1) is 11.3 Å². The summed E-state index contributed by atoms with van der Waals surface area (Å²) in [5, 5.41) is 10.6. The summed E-state index contributed by atoms with van der Waals surface area (Å²) >= 11 is 1.88. The summed E-state index contributed by atoms with van der Waals surface area (Å²) in [5.74, 6) is 2.10. The van der Waals surface area contributed by atoms with Gasteiger partial charge in [-0.05, 0) is 61.5 Å². The fourth-order valence-electron chi connectivity index (χ4n) is 3.61. The monoisotopic (exact) mass is 264 g/mol. The molecular formula is C16H24OS. The molecule has 1 nitrogen and oxygen atoms in total. The third kappa shape index (κ3) is 2.25. The zero-order valence-corrected chi connectivity index (χ0v) is 12.3. The Hall–Kier alpha value is -0.340. The van der Waals surface area contributed by atoms with Crippen LogP contribution in [0.25, 0.3) is 0 Å². The van der Waals surface area contributed by atoms with Gasteiger partial charge in [-0.1, -0.05) is 20.3 Å². The molecule has 4 atom stereocenters. The van der Waals surface area contributed by atoms with Crippen LogP contribution in [0.3, 0.4) is 0 Å². The zero-order chi connectivity index (χ0) is 12.7. The Labute approximate surface area is 114 Å². The Morgan fingerprint density at radius 3 is 2.78 bits per heavy atom. The van der Waals surface area contributed by atoms with E-state index in [0.717, 1.165) is 11.8 Å². The van der Waals surface area contributed by atoms with Crippen molar-refractivity contribution in [3.05, 3.63) is 21.4 Å². The average Bonchev–Trinajstić information content (AvgIpc) is 2.92. The molecule has 1 fully saturated rings. The van der Waals surface area contributed by atoms with Crippen molar-refractivity contribution in [3.63, 3.8) is 0 Å². The quantitative estimate of drug-likeness (QED) is 0.842. The lowest BCUT2D eigenvalue weighted by Gasteiger charge is -2.34. The van der Waals surface area contributed by atoms with Crippen molar-refractivity contribution in [2.75, 3.05) is 0 Å². The van der Waals surface area contributed by atoms with Crippen LogP contribution < -0.4 is 0 Å². The molecule has 4 unspecified atom stereocenters. The molecule has 0 bridgehead atoms. The molecule has 0 spiro atoms. The van der Waals surface area contributed by atoms with E-state index in [0.29, 0.717) is 5.92 Å². The highest BCUT2D eigenvalue weighted by Crippen LogP contribution is 2.43. The molecule has 0 radical (unpaired) electrons. The standard InChI is InChI=1S/C16H24OS/c1-10-6-7-13(8-11(10)2)16(17)15-9-12-4-3-5-14(12)18-15/h9-11,13,16-17H,3-8H2,1-2H3. The van der Waals surface area contributed by atoms with Gasteiger partial charge in [-0.25, -0.2) is 0 Å². The van der Waals surface area contributed by atoms with Gasteiger partial charge in [-0.3, -0.25) is 0 Å². The summed E-state index contributed by atoms with van der Waals surface area (Å²) in [7, 11) is 0. The Bertz CT molecular complexity index is 401. The maximum Gasteiger partial charge on any atom is 0.0910 e. The predicted octanol–water partition coefficient (Wildman–Crippen LogP) is 4.34. The number of aryl methyl sites for hydroxylation is 2. The molecule has 2 aliphatic carbocycles. The molecular weight excluding hydrogens is 240 g/mol. The van der Waals surface area contributed by atoms with E-state index in [4.69, 9.17) is 0 Å². The van der Waals surface area contributed by atoms with E-state index in [9.17, 15) is 5.11 Å². The van der Waals surface area contributed by atoms with E-state index in [1.165, 1.54) is 49.0 Å². The van der Waals surface area contributed by atoms with Gasteiger partial charge in [0.2, 0.25) is 0 Å². The van der Waals surface area contributed by atoms with Crippen LogP contribution in [-0.2, 0) is 12.8 Å². The van der Waals surface area contributed by atoms with Crippen molar-refractivity contribution < 1.29 is 5.11 Å². The van der Waals surface area contributed by atoms with Crippen LogP contribution in [0.1, 0.15) is 61.0 Å². The number of hydrogen-bond donors (Lipinski definition) is 1. The molecule has 0 amide bonds. The van der Waals surface area contributed by atoms with E-state index in [2.05, 4.69) is 19.9 Å². The number of aliphatic hydroxyl groups excluding tert-OH is 1. The number of aliphatic hydroxyl groups is 1. The Morgan fingerprint density at radius 2 is 2.06 bits per heavy atom. The number of hydrogen-bond acceptors (Lipinski definition) is 2. The summed E-state index contributed by atoms with van der Waals surface area (Å²) in [4.78, 5) is 2.78. The molecule has 1 heterocycles. The second-order valence-electron chi connectivity index (χ2n) is 6.42. The van der Waals surface area contributed by atoms with Gasteiger partial charge in [0, 0.05) is 9.75 Å². The van der Waals surface area contributed by atoms with Gasteiger partial charge in [0.1, 0.15) is 0 Å². The van der Waals surface area contributed by atoms with Crippen LogP contribution in [0.15, 0.2) is 6.07 Å². The first-order chi connectivity index (χ1) is 8.65. The number of fused-ring (bicyclic) bond motifs is 1. The van der Waals surface area contributed by atoms with Crippen LogP contribution in [0, 0.1) is 17.8 Å². The third-order valence-electron chi connectivity index (χ3n) is 5.14. The van der Waals surface area contributed by atoms with Gasteiger partial charge in [-0.2, -0.15) is 0 Å². The molecule has 1 N–H and O–H groups in total. The van der Waals surface area contributed by atoms with Crippen molar-refractivity contribution in [3.8, 4) is 0 Å². The molecule has 0 aromatic carbocycles. The zero-order valence-electron chi connectivity index (χ0n) is 11.5. The van der Waals surface area contributed by atoms with Gasteiger partial charge in [0.15, 0.2) is 0 Å². The molecule has 1 saturated carbocycles. The minimum Gasteiger partial charge on any atom is -0.387 e. The number of rotatable bonds is 2. The molecule has 3 rings (SSSR count). The van der Waals surface area contributed by atoms with Gasteiger partial charge in [0.25, 0.3) is 0 Å². The lowest BCUT2D eigenvalue weighted by molar-refractivity contribution is 0.0585. The maximum absolute atomic E-state index is 10.6. The molecule has 0 saturated heterocycles. The predicted molar refractivity (Wildman–Crippen MR) is 77.0 cm³/mol. The Kier molecular flexibility index (Phi) is 3.50.